The smallest absolute Gasteiger partial charge is 0.213 e. The van der Waals surface area contributed by atoms with Crippen LogP contribution in [0, 0.1) is 17.6 Å². The van der Waals surface area contributed by atoms with E-state index in [1.165, 1.54) is 24.3 Å². The molecule has 0 aliphatic heterocycles. The normalized spacial score (nSPS) is 10.5. The highest BCUT2D eigenvalue weighted by Gasteiger charge is 2.13. The Bertz CT molecular complexity index is 601. The van der Waals surface area contributed by atoms with Gasteiger partial charge in [-0.15, -0.1) is 11.8 Å². The monoisotopic (exact) mass is 283 g/mol. The molecule has 2 nitrogen and oxygen atoms in total. The van der Waals surface area contributed by atoms with Gasteiger partial charge in [-0.05, 0) is 24.3 Å². The Kier molecular flexibility index (Phi) is 4.21. The molecule has 2 rings (SSSR count). The molecule has 1 heterocycles. The quantitative estimate of drug-likeness (QED) is 0.489. The van der Waals surface area contributed by atoms with E-state index in [2.05, 4.69) is 4.98 Å². The van der Waals surface area contributed by atoms with Crippen LogP contribution in [0.1, 0.15) is 10.4 Å². The molecule has 0 atom stereocenters. The van der Waals surface area contributed by atoms with E-state index >= 15 is 0 Å². The summed E-state index contributed by atoms with van der Waals surface area (Å²) < 4.78 is 38.8. The number of thioether (sulfide) groups is 1. The predicted octanol–water partition coefficient (Wildman–Crippen LogP) is 3.47. The number of halogens is 3. The van der Waals surface area contributed by atoms with E-state index in [0.29, 0.717) is 11.1 Å². The van der Waals surface area contributed by atoms with E-state index in [-0.39, 0.29) is 17.1 Å². The number of Topliss-reactive ketones (excluding diaryl/α,β-unsaturated/α-hetero) is 1. The number of nitrogens with zero attached hydrogens (tertiary/aromatic N) is 1. The van der Waals surface area contributed by atoms with Crippen molar-refractivity contribution in [1.82, 2.24) is 4.98 Å². The van der Waals surface area contributed by atoms with Crippen LogP contribution in [0.2, 0.25) is 0 Å². The van der Waals surface area contributed by atoms with Gasteiger partial charge in [0.1, 0.15) is 5.82 Å². The van der Waals surface area contributed by atoms with Crippen LogP contribution < -0.4 is 0 Å². The average molecular weight is 283 g/mol. The summed E-state index contributed by atoms with van der Waals surface area (Å²) in [4.78, 5) is 15.5. The molecule has 0 saturated heterocycles. The summed E-state index contributed by atoms with van der Waals surface area (Å²) in [6, 6.07) is 6.31. The first-order chi connectivity index (χ1) is 9.06. The van der Waals surface area contributed by atoms with Crippen molar-refractivity contribution in [1.29, 1.82) is 0 Å². The number of ketones is 1. The number of aromatic nitrogens is 1. The van der Waals surface area contributed by atoms with E-state index in [1.54, 1.807) is 0 Å². The molecule has 0 fully saturated rings. The van der Waals surface area contributed by atoms with Crippen molar-refractivity contribution in [2.45, 2.75) is 4.90 Å². The van der Waals surface area contributed by atoms with Crippen LogP contribution in [0.3, 0.4) is 0 Å². The molecular formula is C13H8F3NOS. The Morgan fingerprint density at radius 1 is 1.16 bits per heavy atom. The highest BCUT2D eigenvalue weighted by molar-refractivity contribution is 8.00. The van der Waals surface area contributed by atoms with Crippen LogP contribution in [0.5, 0.6) is 0 Å². The lowest BCUT2D eigenvalue weighted by Crippen LogP contribution is -2.07. The summed E-state index contributed by atoms with van der Waals surface area (Å²) in [5.74, 6) is -2.75. The third kappa shape index (κ3) is 3.57. The number of benzene rings is 1. The van der Waals surface area contributed by atoms with Crippen molar-refractivity contribution in [3.63, 3.8) is 0 Å². The molecule has 2 aromatic rings. The van der Waals surface area contributed by atoms with Crippen LogP contribution >= 0.6 is 11.8 Å². The number of carbonyl (C=O) groups is 1. The number of pyridine rings is 1. The van der Waals surface area contributed by atoms with Gasteiger partial charge < -0.3 is 0 Å². The Hall–Kier alpha value is -1.82. The SMILES string of the molecule is O=C(CSc1ccc(F)cc1)c1cc(F)ncc1F. The van der Waals surface area contributed by atoms with Crippen LogP contribution in [0.15, 0.2) is 41.4 Å². The van der Waals surface area contributed by atoms with Gasteiger partial charge in [0.15, 0.2) is 11.6 Å². The summed E-state index contributed by atoms with van der Waals surface area (Å²) in [7, 11) is 0. The molecule has 0 N–H and O–H groups in total. The zero-order valence-corrected chi connectivity index (χ0v) is 10.4. The molecule has 0 radical (unpaired) electrons. The minimum absolute atomic E-state index is 0.0635. The second-order valence-electron chi connectivity index (χ2n) is 3.65. The molecule has 98 valence electrons. The van der Waals surface area contributed by atoms with E-state index < -0.39 is 17.5 Å². The molecule has 0 saturated carbocycles. The first-order valence-electron chi connectivity index (χ1n) is 5.29. The zero-order chi connectivity index (χ0) is 13.8. The molecule has 19 heavy (non-hydrogen) atoms. The predicted molar refractivity (Wildman–Crippen MR) is 65.6 cm³/mol. The van der Waals surface area contributed by atoms with Gasteiger partial charge in [-0.25, -0.2) is 13.8 Å². The first kappa shape index (κ1) is 13.6. The van der Waals surface area contributed by atoms with Gasteiger partial charge >= 0.3 is 0 Å². The van der Waals surface area contributed by atoms with Gasteiger partial charge in [-0.2, -0.15) is 4.39 Å². The van der Waals surface area contributed by atoms with Crippen LogP contribution in [-0.2, 0) is 0 Å². The molecular weight excluding hydrogens is 275 g/mol. The van der Waals surface area contributed by atoms with E-state index in [1.807, 2.05) is 0 Å². The van der Waals surface area contributed by atoms with Crippen molar-refractivity contribution < 1.29 is 18.0 Å². The summed E-state index contributed by atoms with van der Waals surface area (Å²) in [6.45, 7) is 0. The maximum atomic E-state index is 13.3. The van der Waals surface area contributed by atoms with E-state index in [4.69, 9.17) is 0 Å². The summed E-state index contributed by atoms with van der Waals surface area (Å²) in [5, 5.41) is 0. The van der Waals surface area contributed by atoms with Crippen LogP contribution in [0.4, 0.5) is 13.2 Å². The first-order valence-corrected chi connectivity index (χ1v) is 6.27. The maximum Gasteiger partial charge on any atom is 0.213 e. The largest absolute Gasteiger partial charge is 0.293 e. The van der Waals surface area contributed by atoms with Gasteiger partial charge in [-0.1, -0.05) is 0 Å². The molecule has 1 aromatic heterocycles. The minimum atomic E-state index is -0.906. The molecule has 0 aliphatic rings. The Morgan fingerprint density at radius 3 is 2.53 bits per heavy atom. The van der Waals surface area contributed by atoms with Crippen LogP contribution in [-0.4, -0.2) is 16.5 Å². The van der Waals surface area contributed by atoms with E-state index in [9.17, 15) is 18.0 Å². The number of hydrogen-bond donors (Lipinski definition) is 0. The van der Waals surface area contributed by atoms with Crippen molar-refractivity contribution in [2.75, 3.05) is 5.75 Å². The fraction of sp³-hybridized carbons (Fsp3) is 0.0769. The Morgan fingerprint density at radius 2 is 1.84 bits per heavy atom. The topological polar surface area (TPSA) is 30.0 Å². The highest BCUT2D eigenvalue weighted by atomic mass is 32.2. The van der Waals surface area contributed by atoms with Gasteiger partial charge in [-0.3, -0.25) is 4.79 Å². The standard InChI is InChI=1S/C13H8F3NOS/c14-8-1-3-9(4-2-8)19-7-12(18)10-5-13(16)17-6-11(10)15/h1-6H,7H2. The minimum Gasteiger partial charge on any atom is -0.293 e. The summed E-state index contributed by atoms with van der Waals surface area (Å²) in [6.07, 6.45) is 0.672. The fourth-order valence-electron chi connectivity index (χ4n) is 1.38. The Balaban J connectivity index is 2.05. The van der Waals surface area contributed by atoms with Crippen molar-refractivity contribution >= 4 is 17.5 Å². The molecule has 1 aromatic carbocycles. The molecule has 0 spiro atoms. The van der Waals surface area contributed by atoms with Gasteiger partial charge in [0.25, 0.3) is 0 Å². The number of carbonyl (C=O) groups excluding carboxylic acids is 1. The van der Waals surface area contributed by atoms with Gasteiger partial charge in [0.05, 0.1) is 17.5 Å². The second kappa shape index (κ2) is 5.88. The highest BCUT2D eigenvalue weighted by Crippen LogP contribution is 2.20. The third-order valence-electron chi connectivity index (χ3n) is 2.31. The summed E-state index contributed by atoms with van der Waals surface area (Å²) >= 11 is 1.12. The van der Waals surface area contributed by atoms with Crippen LogP contribution in [0.25, 0.3) is 0 Å². The van der Waals surface area contributed by atoms with Gasteiger partial charge in [0.2, 0.25) is 5.95 Å². The van der Waals surface area contributed by atoms with E-state index in [0.717, 1.165) is 17.8 Å². The van der Waals surface area contributed by atoms with Crippen molar-refractivity contribution in [2.24, 2.45) is 0 Å². The number of hydrogen-bond acceptors (Lipinski definition) is 3. The molecule has 0 unspecified atom stereocenters. The molecule has 6 heteroatoms. The fourth-order valence-corrected chi connectivity index (χ4v) is 2.17. The number of rotatable bonds is 4. The average Bonchev–Trinajstić information content (AvgIpc) is 2.40. The molecule has 0 aliphatic carbocycles. The Labute approximate surface area is 111 Å². The lowest BCUT2D eigenvalue weighted by atomic mass is 10.2. The lowest BCUT2D eigenvalue weighted by molar-refractivity contribution is 0.101. The van der Waals surface area contributed by atoms with Gasteiger partial charge in [0, 0.05) is 11.0 Å². The molecule has 0 bridgehead atoms. The van der Waals surface area contributed by atoms with Crippen molar-refractivity contribution in [3.8, 4) is 0 Å². The summed E-state index contributed by atoms with van der Waals surface area (Å²) in [5.41, 5.74) is -0.331. The van der Waals surface area contributed by atoms with Crippen molar-refractivity contribution in [3.05, 3.63) is 59.7 Å². The molecule has 0 amide bonds. The maximum absolute atomic E-state index is 13.3. The zero-order valence-electron chi connectivity index (χ0n) is 9.57. The lowest BCUT2D eigenvalue weighted by Gasteiger charge is -2.03. The second-order valence-corrected chi connectivity index (χ2v) is 4.70. The third-order valence-corrected chi connectivity index (χ3v) is 3.32.